The monoisotopic (exact) mass is 420 g/mol. The molecule has 3 aromatic heterocycles. The molecule has 0 aliphatic rings. The van der Waals surface area contributed by atoms with E-state index in [1.165, 1.54) is 12.1 Å². The smallest absolute Gasteiger partial charge is 0.259 e. The van der Waals surface area contributed by atoms with Crippen molar-refractivity contribution < 1.29 is 9.18 Å². The van der Waals surface area contributed by atoms with Gasteiger partial charge in [-0.2, -0.15) is 5.10 Å². The molecular formula is C21H21FN8O. The number of aromatic nitrogens is 7. The number of carbonyl (C=O) groups is 1. The lowest BCUT2D eigenvalue weighted by atomic mass is 9.99. The minimum absolute atomic E-state index is 0.0394. The van der Waals surface area contributed by atoms with Gasteiger partial charge in [0.15, 0.2) is 0 Å². The number of tetrazole rings is 1. The molecule has 158 valence electrons. The first-order valence-electron chi connectivity index (χ1n) is 9.69. The van der Waals surface area contributed by atoms with Gasteiger partial charge < -0.3 is 5.32 Å². The van der Waals surface area contributed by atoms with Crippen molar-refractivity contribution in [2.75, 3.05) is 5.32 Å². The summed E-state index contributed by atoms with van der Waals surface area (Å²) in [5.74, 6) is -0.464. The highest BCUT2D eigenvalue weighted by Crippen LogP contribution is 2.27. The molecule has 1 amide bonds. The Bertz CT molecular complexity index is 1260. The lowest BCUT2D eigenvalue weighted by molar-refractivity contribution is 0.102. The number of halogens is 1. The highest BCUT2D eigenvalue weighted by atomic mass is 19.1. The van der Waals surface area contributed by atoms with Gasteiger partial charge in [-0.15, -0.1) is 5.10 Å². The fourth-order valence-electron chi connectivity index (χ4n) is 3.24. The number of aryl methyl sites for hydroxylation is 2. The van der Waals surface area contributed by atoms with Crippen molar-refractivity contribution in [2.45, 2.75) is 26.8 Å². The summed E-state index contributed by atoms with van der Waals surface area (Å²) in [5.41, 5.74) is 2.66. The van der Waals surface area contributed by atoms with Gasteiger partial charge in [-0.1, -0.05) is 6.07 Å². The van der Waals surface area contributed by atoms with Gasteiger partial charge in [0, 0.05) is 18.8 Å². The molecule has 9 nitrogen and oxygen atoms in total. The minimum Gasteiger partial charge on any atom is -0.306 e. The molecule has 0 saturated heterocycles. The van der Waals surface area contributed by atoms with Gasteiger partial charge in [0.2, 0.25) is 5.82 Å². The van der Waals surface area contributed by atoms with Gasteiger partial charge in [0.25, 0.3) is 5.91 Å². The Labute approximate surface area is 177 Å². The SMILES string of the molecule is Cc1cc(F)c(C(=O)Nc2cccc(-c3nnnn3C(C)C)n2)cc1-c1cnn(C)c1. The van der Waals surface area contributed by atoms with Crippen molar-refractivity contribution in [3.63, 3.8) is 0 Å². The van der Waals surface area contributed by atoms with Crippen LogP contribution in [0.3, 0.4) is 0 Å². The molecular weight excluding hydrogens is 399 g/mol. The summed E-state index contributed by atoms with van der Waals surface area (Å²) in [6.45, 7) is 5.69. The number of pyridine rings is 1. The maximum absolute atomic E-state index is 14.6. The third-order valence-electron chi connectivity index (χ3n) is 4.78. The van der Waals surface area contributed by atoms with Crippen LogP contribution in [0.1, 0.15) is 35.8 Å². The fraction of sp³-hybridized carbons (Fsp3) is 0.238. The lowest BCUT2D eigenvalue weighted by Crippen LogP contribution is -2.15. The van der Waals surface area contributed by atoms with E-state index in [1.807, 2.05) is 20.0 Å². The van der Waals surface area contributed by atoms with E-state index in [9.17, 15) is 9.18 Å². The number of hydrogen-bond acceptors (Lipinski definition) is 6. The molecule has 0 spiro atoms. The molecule has 0 aliphatic heterocycles. The van der Waals surface area contributed by atoms with E-state index in [4.69, 9.17) is 0 Å². The van der Waals surface area contributed by atoms with Crippen LogP contribution in [0.5, 0.6) is 0 Å². The Kier molecular flexibility index (Phi) is 5.28. The van der Waals surface area contributed by atoms with Crippen molar-refractivity contribution >= 4 is 11.7 Å². The second-order valence-electron chi connectivity index (χ2n) is 7.45. The number of amides is 1. The van der Waals surface area contributed by atoms with E-state index in [0.29, 0.717) is 17.1 Å². The molecule has 1 aromatic carbocycles. The van der Waals surface area contributed by atoms with Crippen LogP contribution in [0.15, 0.2) is 42.7 Å². The zero-order chi connectivity index (χ0) is 22.1. The topological polar surface area (TPSA) is 103 Å². The second-order valence-corrected chi connectivity index (χ2v) is 7.45. The van der Waals surface area contributed by atoms with Crippen molar-refractivity contribution in [3.8, 4) is 22.6 Å². The summed E-state index contributed by atoms with van der Waals surface area (Å²) >= 11 is 0. The molecule has 4 rings (SSSR count). The largest absolute Gasteiger partial charge is 0.306 e. The number of anilines is 1. The zero-order valence-electron chi connectivity index (χ0n) is 17.5. The predicted octanol–water partition coefficient (Wildman–Crippen LogP) is 3.42. The van der Waals surface area contributed by atoms with Gasteiger partial charge >= 0.3 is 0 Å². The van der Waals surface area contributed by atoms with Crippen LogP contribution in [0.25, 0.3) is 22.6 Å². The zero-order valence-corrected chi connectivity index (χ0v) is 17.5. The average molecular weight is 420 g/mol. The van der Waals surface area contributed by atoms with E-state index < -0.39 is 11.7 Å². The van der Waals surface area contributed by atoms with Gasteiger partial charge in [-0.05, 0) is 66.6 Å². The Morgan fingerprint density at radius 3 is 2.74 bits per heavy atom. The van der Waals surface area contributed by atoms with E-state index >= 15 is 0 Å². The molecule has 10 heteroatoms. The van der Waals surface area contributed by atoms with Crippen LogP contribution in [-0.2, 0) is 7.05 Å². The first kappa shape index (κ1) is 20.3. The van der Waals surface area contributed by atoms with E-state index in [1.54, 1.807) is 47.7 Å². The minimum atomic E-state index is -0.609. The quantitative estimate of drug-likeness (QED) is 0.531. The van der Waals surface area contributed by atoms with Crippen LogP contribution in [0.4, 0.5) is 10.2 Å². The maximum atomic E-state index is 14.6. The van der Waals surface area contributed by atoms with Gasteiger partial charge in [-0.3, -0.25) is 9.48 Å². The molecule has 0 atom stereocenters. The molecule has 0 unspecified atom stereocenters. The fourth-order valence-corrected chi connectivity index (χ4v) is 3.24. The molecule has 3 heterocycles. The molecule has 0 radical (unpaired) electrons. The third kappa shape index (κ3) is 4.04. The Balaban J connectivity index is 1.64. The molecule has 0 bridgehead atoms. The summed E-state index contributed by atoms with van der Waals surface area (Å²) in [6.07, 6.45) is 3.48. The van der Waals surface area contributed by atoms with Crippen molar-refractivity contribution in [3.05, 3.63) is 59.7 Å². The standard InChI is InChI=1S/C21H21FN8O/c1-12(2)30-20(26-27-28-30)18-6-5-7-19(24-18)25-21(31)16-9-15(13(3)8-17(16)22)14-10-23-29(4)11-14/h5-12H,1-4H3,(H,24,25,31). The number of hydrogen-bond donors (Lipinski definition) is 1. The number of benzene rings is 1. The van der Waals surface area contributed by atoms with Gasteiger partial charge in [0.1, 0.15) is 17.3 Å². The number of nitrogens with one attached hydrogen (secondary N) is 1. The van der Waals surface area contributed by atoms with Crippen molar-refractivity contribution in [2.24, 2.45) is 7.05 Å². The van der Waals surface area contributed by atoms with Crippen LogP contribution in [0, 0.1) is 12.7 Å². The van der Waals surface area contributed by atoms with Crippen LogP contribution >= 0.6 is 0 Å². The Hall–Kier alpha value is -3.95. The van der Waals surface area contributed by atoms with Crippen LogP contribution in [0.2, 0.25) is 0 Å². The normalized spacial score (nSPS) is 11.2. The first-order chi connectivity index (χ1) is 14.8. The van der Waals surface area contributed by atoms with Crippen molar-refractivity contribution in [1.82, 2.24) is 35.0 Å². The molecule has 31 heavy (non-hydrogen) atoms. The Morgan fingerprint density at radius 1 is 1.23 bits per heavy atom. The molecule has 0 aliphatic carbocycles. The summed E-state index contributed by atoms with van der Waals surface area (Å²) in [5, 5.41) is 18.5. The molecule has 0 fully saturated rings. The number of nitrogens with zero attached hydrogens (tertiary/aromatic N) is 7. The van der Waals surface area contributed by atoms with Gasteiger partial charge in [0.05, 0.1) is 17.8 Å². The third-order valence-corrected chi connectivity index (χ3v) is 4.78. The first-order valence-corrected chi connectivity index (χ1v) is 9.69. The number of carbonyl (C=O) groups excluding carboxylic acids is 1. The lowest BCUT2D eigenvalue weighted by Gasteiger charge is -2.11. The van der Waals surface area contributed by atoms with Crippen LogP contribution < -0.4 is 5.32 Å². The number of rotatable bonds is 5. The van der Waals surface area contributed by atoms with Gasteiger partial charge in [-0.25, -0.2) is 14.1 Å². The molecule has 4 aromatic rings. The second kappa shape index (κ2) is 8.05. The highest BCUT2D eigenvalue weighted by Gasteiger charge is 2.18. The van der Waals surface area contributed by atoms with E-state index in [-0.39, 0.29) is 17.4 Å². The highest BCUT2D eigenvalue weighted by molar-refractivity contribution is 6.05. The molecule has 0 saturated carbocycles. The average Bonchev–Trinajstić information content (AvgIpc) is 3.37. The molecule has 1 N–H and O–H groups in total. The summed E-state index contributed by atoms with van der Waals surface area (Å²) in [6, 6.07) is 8.01. The summed E-state index contributed by atoms with van der Waals surface area (Å²) in [4.78, 5) is 17.3. The summed E-state index contributed by atoms with van der Waals surface area (Å²) < 4.78 is 17.9. The predicted molar refractivity (Wildman–Crippen MR) is 113 cm³/mol. The van der Waals surface area contributed by atoms with E-state index in [2.05, 4.69) is 30.9 Å². The van der Waals surface area contributed by atoms with Crippen molar-refractivity contribution in [1.29, 1.82) is 0 Å². The maximum Gasteiger partial charge on any atom is 0.259 e. The summed E-state index contributed by atoms with van der Waals surface area (Å²) in [7, 11) is 1.80. The van der Waals surface area contributed by atoms with Crippen LogP contribution in [-0.4, -0.2) is 40.9 Å². The van der Waals surface area contributed by atoms with E-state index in [0.717, 1.165) is 11.1 Å². The Morgan fingerprint density at radius 2 is 2.03 bits per heavy atom.